The van der Waals surface area contributed by atoms with E-state index in [4.69, 9.17) is 10.5 Å². The van der Waals surface area contributed by atoms with Crippen molar-refractivity contribution in [2.75, 3.05) is 12.8 Å². The second kappa shape index (κ2) is 5.17. The second-order valence-corrected chi connectivity index (χ2v) is 3.54. The molecular formula is C11H13N5O2. The molecule has 1 aromatic heterocycles. The Morgan fingerprint density at radius 1 is 1.50 bits per heavy atom. The van der Waals surface area contributed by atoms with Crippen LogP contribution in [-0.4, -0.2) is 28.2 Å². The summed E-state index contributed by atoms with van der Waals surface area (Å²) in [5.74, 6) is 0.472. The van der Waals surface area contributed by atoms with Gasteiger partial charge in [-0.05, 0) is 6.07 Å². The third-order valence-corrected chi connectivity index (χ3v) is 2.35. The van der Waals surface area contributed by atoms with Crippen molar-refractivity contribution >= 4 is 11.9 Å². The summed E-state index contributed by atoms with van der Waals surface area (Å²) in [7, 11) is 1.58. The monoisotopic (exact) mass is 247 g/mol. The number of carbonyl (C=O) groups excluding carboxylic acids is 1. The van der Waals surface area contributed by atoms with Crippen molar-refractivity contribution in [1.82, 2.24) is 20.5 Å². The molecule has 0 bridgehead atoms. The van der Waals surface area contributed by atoms with Gasteiger partial charge in [-0.3, -0.25) is 9.89 Å². The predicted molar refractivity (Wildman–Crippen MR) is 65.0 cm³/mol. The van der Waals surface area contributed by atoms with Gasteiger partial charge >= 0.3 is 0 Å². The van der Waals surface area contributed by atoms with Crippen LogP contribution in [0.15, 0.2) is 24.3 Å². The number of benzene rings is 1. The largest absolute Gasteiger partial charge is 0.496 e. The maximum atomic E-state index is 11.7. The zero-order chi connectivity index (χ0) is 13.0. The molecule has 0 saturated carbocycles. The lowest BCUT2D eigenvalue weighted by molar-refractivity contribution is 0.0940. The highest BCUT2D eigenvalue weighted by atomic mass is 16.5. The molecule has 1 amide bonds. The lowest BCUT2D eigenvalue weighted by Crippen LogP contribution is -2.24. The van der Waals surface area contributed by atoms with Crippen molar-refractivity contribution in [1.29, 1.82) is 0 Å². The fraction of sp³-hybridized carbons (Fsp3) is 0.182. The van der Waals surface area contributed by atoms with Gasteiger partial charge in [-0.15, -0.1) is 5.10 Å². The smallest absolute Gasteiger partial charge is 0.288 e. The minimum atomic E-state index is -0.370. The average molecular weight is 247 g/mol. The molecule has 0 atom stereocenters. The average Bonchev–Trinajstić information content (AvgIpc) is 2.83. The zero-order valence-electron chi connectivity index (χ0n) is 9.80. The summed E-state index contributed by atoms with van der Waals surface area (Å²) in [6, 6.07) is 7.43. The summed E-state index contributed by atoms with van der Waals surface area (Å²) in [6.07, 6.45) is 0. The molecule has 0 radical (unpaired) electrons. The standard InChI is InChI=1S/C11H13N5O2/c1-18-8-5-3-2-4-7(8)6-13-10(17)9-14-11(12)16-15-9/h2-5H,6H2,1H3,(H,13,17)(H3,12,14,15,16). The van der Waals surface area contributed by atoms with E-state index >= 15 is 0 Å². The van der Waals surface area contributed by atoms with Gasteiger partial charge in [-0.2, -0.15) is 4.98 Å². The second-order valence-electron chi connectivity index (χ2n) is 3.54. The van der Waals surface area contributed by atoms with Crippen LogP contribution in [0.2, 0.25) is 0 Å². The fourth-order valence-corrected chi connectivity index (χ4v) is 1.48. The molecule has 7 nitrogen and oxygen atoms in total. The molecule has 0 saturated heterocycles. The molecule has 0 aliphatic heterocycles. The number of nitrogens with two attached hydrogens (primary N) is 1. The number of carbonyl (C=O) groups is 1. The Kier molecular flexibility index (Phi) is 3.42. The van der Waals surface area contributed by atoms with Crippen molar-refractivity contribution in [3.8, 4) is 5.75 Å². The van der Waals surface area contributed by atoms with Gasteiger partial charge < -0.3 is 15.8 Å². The van der Waals surface area contributed by atoms with E-state index in [2.05, 4.69) is 20.5 Å². The van der Waals surface area contributed by atoms with Gasteiger partial charge in [0.25, 0.3) is 5.91 Å². The van der Waals surface area contributed by atoms with Gasteiger partial charge in [0.1, 0.15) is 5.75 Å². The van der Waals surface area contributed by atoms with E-state index in [1.165, 1.54) is 0 Å². The Morgan fingerprint density at radius 2 is 2.28 bits per heavy atom. The number of H-pyrrole nitrogens is 1. The number of amides is 1. The molecule has 1 aromatic carbocycles. The first kappa shape index (κ1) is 11.9. The number of para-hydroxylation sites is 1. The Balaban J connectivity index is 2.01. The highest BCUT2D eigenvalue weighted by Gasteiger charge is 2.11. The molecule has 94 valence electrons. The van der Waals surface area contributed by atoms with E-state index in [-0.39, 0.29) is 17.7 Å². The van der Waals surface area contributed by atoms with Crippen molar-refractivity contribution < 1.29 is 9.53 Å². The van der Waals surface area contributed by atoms with Gasteiger partial charge in [-0.1, -0.05) is 18.2 Å². The SMILES string of the molecule is COc1ccccc1CNC(=O)c1nc(N)n[nH]1. The topological polar surface area (TPSA) is 106 Å². The Bertz CT molecular complexity index is 552. The number of hydrogen-bond donors (Lipinski definition) is 3. The number of nitrogens with zero attached hydrogens (tertiary/aromatic N) is 2. The van der Waals surface area contributed by atoms with Crippen LogP contribution in [0.4, 0.5) is 5.95 Å². The Labute approximate surface area is 103 Å². The van der Waals surface area contributed by atoms with E-state index in [1.807, 2.05) is 24.3 Å². The van der Waals surface area contributed by atoms with E-state index in [0.717, 1.165) is 11.3 Å². The van der Waals surface area contributed by atoms with Crippen molar-refractivity contribution in [2.24, 2.45) is 0 Å². The van der Waals surface area contributed by atoms with E-state index in [0.29, 0.717) is 6.54 Å². The van der Waals surface area contributed by atoms with E-state index in [9.17, 15) is 4.79 Å². The maximum Gasteiger partial charge on any atom is 0.288 e. The molecule has 4 N–H and O–H groups in total. The van der Waals surface area contributed by atoms with Gasteiger partial charge in [0, 0.05) is 12.1 Å². The molecule has 7 heteroatoms. The molecule has 0 spiro atoms. The highest BCUT2D eigenvalue weighted by molar-refractivity contribution is 5.90. The molecular weight excluding hydrogens is 234 g/mol. The van der Waals surface area contributed by atoms with Gasteiger partial charge in [-0.25, -0.2) is 0 Å². The fourth-order valence-electron chi connectivity index (χ4n) is 1.48. The molecule has 2 rings (SSSR count). The van der Waals surface area contributed by atoms with Crippen LogP contribution in [-0.2, 0) is 6.54 Å². The number of nitrogens with one attached hydrogen (secondary N) is 2. The van der Waals surface area contributed by atoms with Crippen LogP contribution in [0, 0.1) is 0 Å². The van der Waals surface area contributed by atoms with E-state index in [1.54, 1.807) is 7.11 Å². The summed E-state index contributed by atoms with van der Waals surface area (Å²) < 4.78 is 5.18. The normalized spacial score (nSPS) is 10.1. The summed E-state index contributed by atoms with van der Waals surface area (Å²) >= 11 is 0. The van der Waals surface area contributed by atoms with Crippen LogP contribution < -0.4 is 15.8 Å². The highest BCUT2D eigenvalue weighted by Crippen LogP contribution is 2.16. The first-order valence-corrected chi connectivity index (χ1v) is 5.28. The van der Waals surface area contributed by atoms with Crippen molar-refractivity contribution in [3.05, 3.63) is 35.7 Å². The van der Waals surface area contributed by atoms with Crippen LogP contribution in [0.5, 0.6) is 5.75 Å². The van der Waals surface area contributed by atoms with Gasteiger partial charge in [0.15, 0.2) is 0 Å². The van der Waals surface area contributed by atoms with Crippen LogP contribution >= 0.6 is 0 Å². The lowest BCUT2D eigenvalue weighted by Gasteiger charge is -2.08. The van der Waals surface area contributed by atoms with Crippen molar-refractivity contribution in [2.45, 2.75) is 6.54 Å². The first-order valence-electron chi connectivity index (χ1n) is 5.28. The predicted octanol–water partition coefficient (Wildman–Crippen LogP) is 0.325. The van der Waals surface area contributed by atoms with Crippen LogP contribution in [0.3, 0.4) is 0 Å². The first-order chi connectivity index (χ1) is 8.70. The number of ether oxygens (including phenoxy) is 1. The molecule has 0 unspecified atom stereocenters. The number of rotatable bonds is 4. The van der Waals surface area contributed by atoms with E-state index < -0.39 is 0 Å². The van der Waals surface area contributed by atoms with Crippen LogP contribution in [0.1, 0.15) is 16.2 Å². The summed E-state index contributed by atoms with van der Waals surface area (Å²) in [5, 5.41) is 8.72. The third kappa shape index (κ3) is 2.57. The number of methoxy groups -OCH3 is 1. The molecule has 0 fully saturated rings. The lowest BCUT2D eigenvalue weighted by atomic mass is 10.2. The number of aromatic nitrogens is 3. The number of anilines is 1. The molecule has 0 aliphatic rings. The minimum Gasteiger partial charge on any atom is -0.496 e. The third-order valence-electron chi connectivity index (χ3n) is 2.35. The van der Waals surface area contributed by atoms with Crippen LogP contribution in [0.25, 0.3) is 0 Å². The van der Waals surface area contributed by atoms with Gasteiger partial charge in [0.2, 0.25) is 11.8 Å². The van der Waals surface area contributed by atoms with Crippen molar-refractivity contribution in [3.63, 3.8) is 0 Å². The number of hydrogen-bond acceptors (Lipinski definition) is 5. The molecule has 18 heavy (non-hydrogen) atoms. The quantitative estimate of drug-likeness (QED) is 0.721. The number of nitrogen functional groups attached to an aromatic ring is 1. The minimum absolute atomic E-state index is 0.0393. The van der Waals surface area contributed by atoms with Gasteiger partial charge in [0.05, 0.1) is 7.11 Å². The molecule has 2 aromatic rings. The summed E-state index contributed by atoms with van der Waals surface area (Å²) in [6.45, 7) is 0.337. The maximum absolute atomic E-state index is 11.7. The summed E-state index contributed by atoms with van der Waals surface area (Å²) in [5.41, 5.74) is 6.19. The zero-order valence-corrected chi connectivity index (χ0v) is 9.80. The molecule has 1 heterocycles. The Hall–Kier alpha value is -2.57. The summed E-state index contributed by atoms with van der Waals surface area (Å²) in [4.78, 5) is 15.4. The molecule has 0 aliphatic carbocycles. The Morgan fingerprint density at radius 3 is 2.94 bits per heavy atom. The number of aromatic amines is 1.